The van der Waals surface area contributed by atoms with Crippen molar-refractivity contribution in [3.8, 4) is 0 Å². The van der Waals surface area contributed by atoms with Crippen molar-refractivity contribution in [3.05, 3.63) is 65.7 Å². The van der Waals surface area contributed by atoms with Crippen LogP contribution in [0.25, 0.3) is 0 Å². The van der Waals surface area contributed by atoms with Gasteiger partial charge in [0.25, 0.3) is 0 Å². The van der Waals surface area contributed by atoms with Crippen molar-refractivity contribution < 1.29 is 8.78 Å². The second-order valence-corrected chi connectivity index (χ2v) is 4.39. The lowest BCUT2D eigenvalue weighted by Gasteiger charge is -2.03. The van der Waals surface area contributed by atoms with Gasteiger partial charge in [-0.2, -0.15) is 0 Å². The SMILES string of the molecule is Fc1cccc(SCc2ccccc2F)c1. The fourth-order valence-electron chi connectivity index (χ4n) is 1.33. The van der Waals surface area contributed by atoms with Crippen LogP contribution in [0.1, 0.15) is 5.56 Å². The summed E-state index contributed by atoms with van der Waals surface area (Å²) in [4.78, 5) is 0.809. The molecule has 0 N–H and O–H groups in total. The number of hydrogen-bond donors (Lipinski definition) is 0. The first-order valence-corrected chi connectivity index (χ1v) is 5.86. The maximum atomic E-state index is 13.3. The summed E-state index contributed by atoms with van der Waals surface area (Å²) in [5.74, 6) is 0.0285. The number of hydrogen-bond acceptors (Lipinski definition) is 1. The standard InChI is InChI=1S/C13H10F2S/c14-11-5-3-6-12(8-11)16-9-10-4-1-2-7-13(10)15/h1-8H,9H2. The lowest BCUT2D eigenvalue weighted by molar-refractivity contribution is 0.617. The van der Waals surface area contributed by atoms with Crippen molar-refractivity contribution in [2.75, 3.05) is 0 Å². The van der Waals surface area contributed by atoms with E-state index in [1.807, 2.05) is 6.07 Å². The van der Waals surface area contributed by atoms with Crippen LogP contribution in [0, 0.1) is 11.6 Å². The van der Waals surface area contributed by atoms with Crippen molar-refractivity contribution in [2.45, 2.75) is 10.6 Å². The predicted molar refractivity (Wildman–Crippen MR) is 62.4 cm³/mol. The Labute approximate surface area is 97.3 Å². The molecule has 16 heavy (non-hydrogen) atoms. The second kappa shape index (κ2) is 5.12. The Morgan fingerprint density at radius 1 is 0.938 bits per heavy atom. The number of thioether (sulfide) groups is 1. The Morgan fingerprint density at radius 2 is 1.75 bits per heavy atom. The summed E-state index contributed by atoms with van der Waals surface area (Å²) >= 11 is 1.42. The largest absolute Gasteiger partial charge is 0.207 e. The molecule has 0 spiro atoms. The summed E-state index contributed by atoms with van der Waals surface area (Å²) in [5, 5.41) is 0. The fraction of sp³-hybridized carbons (Fsp3) is 0.0769. The van der Waals surface area contributed by atoms with Gasteiger partial charge in [-0.05, 0) is 29.8 Å². The highest BCUT2D eigenvalue weighted by Gasteiger charge is 2.02. The van der Waals surface area contributed by atoms with Gasteiger partial charge in [0.15, 0.2) is 0 Å². The predicted octanol–water partition coefficient (Wildman–Crippen LogP) is 4.26. The number of benzene rings is 2. The van der Waals surface area contributed by atoms with E-state index in [2.05, 4.69) is 0 Å². The molecule has 0 aliphatic carbocycles. The van der Waals surface area contributed by atoms with Crippen LogP contribution in [0.4, 0.5) is 8.78 Å². The van der Waals surface area contributed by atoms with E-state index in [1.165, 1.54) is 30.0 Å². The van der Waals surface area contributed by atoms with Crippen molar-refractivity contribution in [2.24, 2.45) is 0 Å². The van der Waals surface area contributed by atoms with E-state index in [-0.39, 0.29) is 11.6 Å². The van der Waals surface area contributed by atoms with E-state index < -0.39 is 0 Å². The molecule has 0 unspecified atom stereocenters. The highest BCUT2D eigenvalue weighted by atomic mass is 32.2. The lowest BCUT2D eigenvalue weighted by atomic mass is 10.2. The van der Waals surface area contributed by atoms with Gasteiger partial charge in [0.2, 0.25) is 0 Å². The van der Waals surface area contributed by atoms with Crippen LogP contribution in [0.5, 0.6) is 0 Å². The maximum Gasteiger partial charge on any atom is 0.127 e. The van der Waals surface area contributed by atoms with Crippen LogP contribution in [-0.2, 0) is 5.75 Å². The average molecular weight is 236 g/mol. The molecule has 0 nitrogen and oxygen atoms in total. The lowest BCUT2D eigenvalue weighted by Crippen LogP contribution is -1.86. The van der Waals surface area contributed by atoms with Crippen molar-refractivity contribution in [1.82, 2.24) is 0 Å². The molecule has 0 atom stereocenters. The van der Waals surface area contributed by atoms with Gasteiger partial charge in [0, 0.05) is 10.6 Å². The highest BCUT2D eigenvalue weighted by Crippen LogP contribution is 2.24. The van der Waals surface area contributed by atoms with Gasteiger partial charge in [-0.15, -0.1) is 11.8 Å². The van der Waals surface area contributed by atoms with Gasteiger partial charge in [-0.3, -0.25) is 0 Å². The highest BCUT2D eigenvalue weighted by molar-refractivity contribution is 7.98. The summed E-state index contributed by atoms with van der Waals surface area (Å²) in [6.07, 6.45) is 0. The van der Waals surface area contributed by atoms with Crippen molar-refractivity contribution in [3.63, 3.8) is 0 Å². The third-order valence-corrected chi connectivity index (χ3v) is 3.19. The van der Waals surface area contributed by atoms with Crippen LogP contribution in [0.3, 0.4) is 0 Å². The molecule has 82 valence electrons. The molecule has 0 aromatic heterocycles. The molecule has 0 fully saturated rings. The molecular weight excluding hydrogens is 226 g/mol. The van der Waals surface area contributed by atoms with Crippen LogP contribution in [-0.4, -0.2) is 0 Å². The second-order valence-electron chi connectivity index (χ2n) is 3.34. The summed E-state index contributed by atoms with van der Waals surface area (Å²) in [6, 6.07) is 12.9. The van der Waals surface area contributed by atoms with E-state index in [1.54, 1.807) is 24.3 Å². The normalized spacial score (nSPS) is 10.4. The molecule has 0 saturated heterocycles. The zero-order valence-corrected chi connectivity index (χ0v) is 9.31. The van der Waals surface area contributed by atoms with Gasteiger partial charge in [-0.25, -0.2) is 8.78 Å². The third-order valence-electron chi connectivity index (χ3n) is 2.15. The van der Waals surface area contributed by atoms with Crippen LogP contribution in [0.15, 0.2) is 53.4 Å². The molecule has 2 aromatic rings. The Kier molecular flexibility index (Phi) is 3.57. The molecule has 0 saturated carbocycles. The van der Waals surface area contributed by atoms with E-state index >= 15 is 0 Å². The average Bonchev–Trinajstić information content (AvgIpc) is 2.28. The van der Waals surface area contributed by atoms with E-state index in [9.17, 15) is 8.78 Å². The number of halogens is 2. The minimum absolute atomic E-state index is 0.216. The van der Waals surface area contributed by atoms with Crippen molar-refractivity contribution >= 4 is 11.8 Å². The van der Waals surface area contributed by atoms with E-state index in [0.29, 0.717) is 11.3 Å². The Balaban J connectivity index is 2.05. The van der Waals surface area contributed by atoms with Crippen LogP contribution in [0.2, 0.25) is 0 Å². The summed E-state index contributed by atoms with van der Waals surface area (Å²) in [6.45, 7) is 0. The maximum absolute atomic E-state index is 13.3. The summed E-state index contributed by atoms with van der Waals surface area (Å²) < 4.78 is 26.2. The molecule has 0 heterocycles. The molecular formula is C13H10F2S. The quantitative estimate of drug-likeness (QED) is 0.718. The molecule has 0 aliphatic rings. The van der Waals surface area contributed by atoms with E-state index in [0.717, 1.165) is 4.90 Å². The summed E-state index contributed by atoms with van der Waals surface area (Å²) in [7, 11) is 0. The zero-order valence-electron chi connectivity index (χ0n) is 8.49. The van der Waals surface area contributed by atoms with Gasteiger partial charge in [0.05, 0.1) is 0 Å². The van der Waals surface area contributed by atoms with Crippen LogP contribution >= 0.6 is 11.8 Å². The van der Waals surface area contributed by atoms with Crippen molar-refractivity contribution in [1.29, 1.82) is 0 Å². The van der Waals surface area contributed by atoms with Gasteiger partial charge in [0.1, 0.15) is 11.6 Å². The first-order valence-electron chi connectivity index (χ1n) is 4.87. The topological polar surface area (TPSA) is 0 Å². The zero-order chi connectivity index (χ0) is 11.4. The Morgan fingerprint density at radius 3 is 2.50 bits per heavy atom. The minimum atomic E-state index is -0.265. The fourth-order valence-corrected chi connectivity index (χ4v) is 2.26. The first-order chi connectivity index (χ1) is 7.75. The molecule has 3 heteroatoms. The van der Waals surface area contributed by atoms with Gasteiger partial charge in [-0.1, -0.05) is 24.3 Å². The Hall–Kier alpha value is -1.35. The molecule has 2 rings (SSSR count). The van der Waals surface area contributed by atoms with E-state index in [4.69, 9.17) is 0 Å². The van der Waals surface area contributed by atoms with Gasteiger partial charge >= 0.3 is 0 Å². The first kappa shape index (κ1) is 11.1. The molecule has 0 amide bonds. The summed E-state index contributed by atoms with van der Waals surface area (Å²) in [5.41, 5.74) is 0.636. The molecule has 0 aliphatic heterocycles. The number of rotatable bonds is 3. The third kappa shape index (κ3) is 2.83. The monoisotopic (exact) mass is 236 g/mol. The van der Waals surface area contributed by atoms with Crippen LogP contribution < -0.4 is 0 Å². The minimum Gasteiger partial charge on any atom is -0.207 e. The molecule has 2 aromatic carbocycles. The molecule has 0 bridgehead atoms. The Bertz CT molecular complexity index is 483. The smallest absolute Gasteiger partial charge is 0.127 e. The molecule has 0 radical (unpaired) electrons. The van der Waals surface area contributed by atoms with Gasteiger partial charge < -0.3 is 0 Å².